The number of aromatic amines is 1. The average molecular weight is 181 g/mol. The fourth-order valence-electron chi connectivity index (χ4n) is 1.52. The Kier molecular flexibility index (Phi) is 3.34. The second-order valence-electron chi connectivity index (χ2n) is 3.56. The van der Waals surface area contributed by atoms with Crippen LogP contribution in [0.5, 0.6) is 0 Å². The molecule has 0 saturated carbocycles. The van der Waals surface area contributed by atoms with Crippen LogP contribution in [0.25, 0.3) is 0 Å². The molecule has 1 atom stereocenters. The van der Waals surface area contributed by atoms with Crippen LogP contribution in [0.15, 0.2) is 0 Å². The molecule has 0 aliphatic carbocycles. The van der Waals surface area contributed by atoms with Crippen molar-refractivity contribution in [3.8, 4) is 0 Å². The van der Waals surface area contributed by atoms with Gasteiger partial charge in [-0.05, 0) is 18.8 Å². The number of hydrogen-bond donors (Lipinski definition) is 2. The molecule has 1 aromatic rings. The van der Waals surface area contributed by atoms with Gasteiger partial charge in [0.2, 0.25) is 0 Å². The predicted molar refractivity (Wildman–Crippen MR) is 55.7 cm³/mol. The summed E-state index contributed by atoms with van der Waals surface area (Å²) >= 11 is 0. The molecule has 0 amide bonds. The molecule has 1 aromatic heterocycles. The summed E-state index contributed by atoms with van der Waals surface area (Å²) < 4.78 is 0. The third-order valence-electron chi connectivity index (χ3n) is 2.54. The highest BCUT2D eigenvalue weighted by Gasteiger charge is 2.14. The summed E-state index contributed by atoms with van der Waals surface area (Å²) in [6.45, 7) is 6.54. The highest BCUT2D eigenvalue weighted by atomic mass is 15.2. The number of rotatable bonds is 4. The third kappa shape index (κ3) is 2.02. The Morgan fingerprint density at radius 1 is 1.46 bits per heavy atom. The van der Waals surface area contributed by atoms with E-state index in [1.165, 1.54) is 11.3 Å². The lowest BCUT2D eigenvalue weighted by atomic mass is 9.98. The van der Waals surface area contributed by atoms with E-state index in [0.717, 1.165) is 19.3 Å². The van der Waals surface area contributed by atoms with Crippen LogP contribution in [0.1, 0.15) is 50.8 Å². The van der Waals surface area contributed by atoms with Crippen molar-refractivity contribution in [3.63, 3.8) is 0 Å². The number of hydrogen-bond acceptors (Lipinski definition) is 2. The summed E-state index contributed by atoms with van der Waals surface area (Å²) in [6, 6.07) is 0. The summed E-state index contributed by atoms with van der Waals surface area (Å²) in [5.74, 6) is 1.21. The molecule has 0 aliphatic heterocycles. The highest BCUT2D eigenvalue weighted by Crippen LogP contribution is 2.24. The zero-order valence-electron chi connectivity index (χ0n) is 8.72. The normalized spacial score (nSPS) is 13.2. The van der Waals surface area contributed by atoms with Gasteiger partial charge in [0.15, 0.2) is 0 Å². The van der Waals surface area contributed by atoms with Gasteiger partial charge in [0.25, 0.3) is 0 Å². The first-order valence-electron chi connectivity index (χ1n) is 5.03. The maximum absolute atomic E-state index is 5.78. The number of nitrogen functional groups attached to an aromatic ring is 1. The van der Waals surface area contributed by atoms with Crippen LogP contribution >= 0.6 is 0 Å². The van der Waals surface area contributed by atoms with Crippen LogP contribution in [0.4, 0.5) is 5.82 Å². The molecule has 0 aromatic carbocycles. The lowest BCUT2D eigenvalue weighted by Gasteiger charge is -2.08. The Labute approximate surface area is 79.7 Å². The lowest BCUT2D eigenvalue weighted by molar-refractivity contribution is 0.692. The monoisotopic (exact) mass is 181 g/mol. The van der Waals surface area contributed by atoms with E-state index >= 15 is 0 Å². The molecule has 0 fully saturated rings. The van der Waals surface area contributed by atoms with Gasteiger partial charge in [-0.1, -0.05) is 27.2 Å². The Hall–Kier alpha value is -0.990. The first kappa shape index (κ1) is 10.1. The van der Waals surface area contributed by atoms with Gasteiger partial charge in [0.1, 0.15) is 5.82 Å². The number of nitrogens with two attached hydrogens (primary N) is 1. The van der Waals surface area contributed by atoms with Gasteiger partial charge in [-0.15, -0.1) is 0 Å². The molecule has 1 heterocycles. The Bertz CT molecular complexity index is 265. The summed E-state index contributed by atoms with van der Waals surface area (Å²) in [5, 5.41) is 7.09. The van der Waals surface area contributed by atoms with E-state index in [1.54, 1.807) is 0 Å². The molecule has 0 spiro atoms. The molecule has 0 aliphatic rings. The number of anilines is 1. The van der Waals surface area contributed by atoms with Crippen molar-refractivity contribution in [1.82, 2.24) is 10.2 Å². The fourth-order valence-corrected chi connectivity index (χ4v) is 1.52. The first-order valence-corrected chi connectivity index (χ1v) is 5.03. The molecule has 1 rings (SSSR count). The van der Waals surface area contributed by atoms with Crippen molar-refractivity contribution in [1.29, 1.82) is 0 Å². The Morgan fingerprint density at radius 2 is 2.15 bits per heavy atom. The minimum atomic E-state index is 0.534. The number of aromatic nitrogens is 2. The number of nitrogens with zero attached hydrogens (tertiary/aromatic N) is 1. The number of H-pyrrole nitrogens is 1. The second-order valence-corrected chi connectivity index (χ2v) is 3.56. The van der Waals surface area contributed by atoms with Crippen LogP contribution in [0.2, 0.25) is 0 Å². The molecular formula is C10H19N3. The van der Waals surface area contributed by atoms with Gasteiger partial charge in [0.05, 0.1) is 0 Å². The van der Waals surface area contributed by atoms with Crippen molar-refractivity contribution >= 4 is 5.82 Å². The summed E-state index contributed by atoms with van der Waals surface area (Å²) in [4.78, 5) is 0. The molecule has 1 unspecified atom stereocenters. The van der Waals surface area contributed by atoms with Gasteiger partial charge in [-0.2, -0.15) is 5.10 Å². The molecule has 13 heavy (non-hydrogen) atoms. The highest BCUT2D eigenvalue weighted by molar-refractivity contribution is 5.43. The van der Waals surface area contributed by atoms with Crippen LogP contribution < -0.4 is 5.73 Å². The van der Waals surface area contributed by atoms with Crippen LogP contribution in [-0.4, -0.2) is 10.2 Å². The zero-order chi connectivity index (χ0) is 9.84. The van der Waals surface area contributed by atoms with Crippen molar-refractivity contribution in [3.05, 3.63) is 11.3 Å². The summed E-state index contributed by atoms with van der Waals surface area (Å²) in [6.07, 6.45) is 3.27. The van der Waals surface area contributed by atoms with Crippen molar-refractivity contribution < 1.29 is 0 Å². The van der Waals surface area contributed by atoms with E-state index in [1.807, 2.05) is 0 Å². The van der Waals surface area contributed by atoms with Crippen LogP contribution in [0, 0.1) is 0 Å². The molecule has 3 heteroatoms. The van der Waals surface area contributed by atoms with Gasteiger partial charge in [-0.3, -0.25) is 5.10 Å². The van der Waals surface area contributed by atoms with E-state index < -0.39 is 0 Å². The van der Waals surface area contributed by atoms with Crippen molar-refractivity contribution in [2.75, 3.05) is 5.73 Å². The standard InChI is InChI=1S/C10H19N3/c1-4-6-8-9(7(3)5-2)12-13-10(8)11/h7H,4-6H2,1-3H3,(H3,11,12,13). The molecule has 0 saturated heterocycles. The van der Waals surface area contributed by atoms with Gasteiger partial charge >= 0.3 is 0 Å². The second kappa shape index (κ2) is 4.30. The lowest BCUT2D eigenvalue weighted by Crippen LogP contribution is -1.98. The molecule has 74 valence electrons. The van der Waals surface area contributed by atoms with Gasteiger partial charge in [0, 0.05) is 11.3 Å². The van der Waals surface area contributed by atoms with E-state index in [-0.39, 0.29) is 0 Å². The van der Waals surface area contributed by atoms with E-state index in [0.29, 0.717) is 11.7 Å². The quantitative estimate of drug-likeness (QED) is 0.749. The molecule has 0 bridgehead atoms. The van der Waals surface area contributed by atoms with E-state index in [4.69, 9.17) is 5.73 Å². The van der Waals surface area contributed by atoms with Gasteiger partial charge < -0.3 is 5.73 Å². The number of nitrogens with one attached hydrogen (secondary N) is 1. The Morgan fingerprint density at radius 3 is 2.69 bits per heavy atom. The maximum atomic E-state index is 5.78. The van der Waals surface area contributed by atoms with Crippen molar-refractivity contribution in [2.24, 2.45) is 0 Å². The van der Waals surface area contributed by atoms with E-state index in [9.17, 15) is 0 Å². The molecular weight excluding hydrogens is 162 g/mol. The first-order chi connectivity index (χ1) is 6.20. The fraction of sp³-hybridized carbons (Fsp3) is 0.700. The van der Waals surface area contributed by atoms with Crippen LogP contribution in [0.3, 0.4) is 0 Å². The van der Waals surface area contributed by atoms with Crippen LogP contribution in [-0.2, 0) is 6.42 Å². The summed E-state index contributed by atoms with van der Waals surface area (Å²) in [5.41, 5.74) is 8.22. The largest absolute Gasteiger partial charge is 0.382 e. The Balaban J connectivity index is 2.92. The maximum Gasteiger partial charge on any atom is 0.148 e. The van der Waals surface area contributed by atoms with Crippen molar-refractivity contribution in [2.45, 2.75) is 46.0 Å². The smallest absolute Gasteiger partial charge is 0.148 e. The predicted octanol–water partition coefficient (Wildman–Crippen LogP) is 2.46. The zero-order valence-corrected chi connectivity index (χ0v) is 8.72. The molecule has 0 radical (unpaired) electrons. The minimum absolute atomic E-state index is 0.534. The minimum Gasteiger partial charge on any atom is -0.382 e. The van der Waals surface area contributed by atoms with E-state index in [2.05, 4.69) is 31.0 Å². The molecule has 3 nitrogen and oxygen atoms in total. The average Bonchev–Trinajstić information content (AvgIpc) is 2.48. The SMILES string of the molecule is CCCc1c(N)n[nH]c1C(C)CC. The third-order valence-corrected chi connectivity index (χ3v) is 2.54. The topological polar surface area (TPSA) is 54.7 Å². The van der Waals surface area contributed by atoms with Gasteiger partial charge in [-0.25, -0.2) is 0 Å². The molecule has 3 N–H and O–H groups in total. The summed E-state index contributed by atoms with van der Waals surface area (Å²) in [7, 11) is 0.